The molecule has 0 saturated heterocycles. The second kappa shape index (κ2) is 4.40. The van der Waals surface area contributed by atoms with Crippen molar-refractivity contribution in [1.29, 1.82) is 0 Å². The summed E-state index contributed by atoms with van der Waals surface area (Å²) >= 11 is 0. The van der Waals surface area contributed by atoms with Gasteiger partial charge in [-0.1, -0.05) is 5.16 Å². The number of hydrogen-bond acceptors (Lipinski definition) is 4. The zero-order chi connectivity index (χ0) is 12.4. The lowest BCUT2D eigenvalue weighted by atomic mass is 10.2. The van der Waals surface area contributed by atoms with E-state index < -0.39 is 0 Å². The first-order valence-electron chi connectivity index (χ1n) is 5.30. The number of nitrogens with zero attached hydrogens (tertiary/aromatic N) is 3. The molecule has 1 atom stereocenters. The highest BCUT2D eigenvalue weighted by molar-refractivity contribution is 5.91. The monoisotopic (exact) mass is 234 g/mol. The van der Waals surface area contributed by atoms with Gasteiger partial charge in [-0.2, -0.15) is 5.10 Å². The standard InChI is InChI=1S/C11H14N4O2/c1-7-6-10(17-14-7)11(16)12-8(2)9-4-5-15(3)13-9/h4-6,8H,1-3H3,(H,12,16). The summed E-state index contributed by atoms with van der Waals surface area (Å²) in [6, 6.07) is 3.28. The highest BCUT2D eigenvalue weighted by atomic mass is 16.5. The maximum absolute atomic E-state index is 11.8. The summed E-state index contributed by atoms with van der Waals surface area (Å²) in [5.74, 6) is -0.0750. The molecule has 6 nitrogen and oxygen atoms in total. The van der Waals surface area contributed by atoms with E-state index in [4.69, 9.17) is 4.52 Å². The van der Waals surface area contributed by atoms with E-state index in [1.807, 2.05) is 26.2 Å². The summed E-state index contributed by atoms with van der Waals surface area (Å²) in [5.41, 5.74) is 1.48. The predicted molar refractivity (Wildman–Crippen MR) is 60.3 cm³/mol. The number of aryl methyl sites for hydroxylation is 2. The van der Waals surface area contributed by atoms with Crippen molar-refractivity contribution in [2.45, 2.75) is 19.9 Å². The first-order chi connectivity index (χ1) is 8.06. The maximum Gasteiger partial charge on any atom is 0.290 e. The van der Waals surface area contributed by atoms with E-state index >= 15 is 0 Å². The molecule has 2 aromatic heterocycles. The van der Waals surface area contributed by atoms with Crippen molar-refractivity contribution >= 4 is 5.91 Å². The van der Waals surface area contributed by atoms with Crippen LogP contribution in [0, 0.1) is 6.92 Å². The van der Waals surface area contributed by atoms with Crippen LogP contribution < -0.4 is 5.32 Å². The molecule has 2 rings (SSSR count). The van der Waals surface area contributed by atoms with Crippen LogP contribution in [-0.2, 0) is 7.05 Å². The zero-order valence-corrected chi connectivity index (χ0v) is 9.97. The van der Waals surface area contributed by atoms with Gasteiger partial charge in [0.05, 0.1) is 17.4 Å². The van der Waals surface area contributed by atoms with Gasteiger partial charge in [0.1, 0.15) is 0 Å². The molecule has 0 saturated carbocycles. The SMILES string of the molecule is Cc1cc(C(=O)NC(C)c2ccn(C)n2)on1. The first-order valence-corrected chi connectivity index (χ1v) is 5.30. The van der Waals surface area contributed by atoms with Crippen molar-refractivity contribution in [3.05, 3.63) is 35.5 Å². The number of amides is 1. The van der Waals surface area contributed by atoms with Gasteiger partial charge in [0.25, 0.3) is 5.91 Å². The predicted octanol–water partition coefficient (Wildman–Crippen LogP) is 1.21. The highest BCUT2D eigenvalue weighted by Crippen LogP contribution is 2.10. The second-order valence-corrected chi connectivity index (χ2v) is 3.94. The third-order valence-electron chi connectivity index (χ3n) is 2.38. The average Bonchev–Trinajstić information content (AvgIpc) is 2.87. The van der Waals surface area contributed by atoms with Crippen molar-refractivity contribution in [2.24, 2.45) is 7.05 Å². The van der Waals surface area contributed by atoms with E-state index in [1.165, 1.54) is 0 Å². The van der Waals surface area contributed by atoms with Crippen LogP contribution in [0.4, 0.5) is 0 Å². The molecule has 0 spiro atoms. The van der Waals surface area contributed by atoms with Gasteiger partial charge in [-0.25, -0.2) is 0 Å². The number of rotatable bonds is 3. The molecule has 0 bridgehead atoms. The zero-order valence-electron chi connectivity index (χ0n) is 9.97. The van der Waals surface area contributed by atoms with E-state index in [1.54, 1.807) is 17.7 Å². The molecule has 2 aromatic rings. The lowest BCUT2D eigenvalue weighted by molar-refractivity contribution is 0.0901. The third-order valence-corrected chi connectivity index (χ3v) is 2.38. The molecule has 0 aliphatic carbocycles. The number of carbonyl (C=O) groups excluding carboxylic acids is 1. The molecule has 2 heterocycles. The Hall–Kier alpha value is -2.11. The number of aromatic nitrogens is 3. The van der Waals surface area contributed by atoms with Crippen LogP contribution in [0.15, 0.2) is 22.9 Å². The Labute approximate surface area is 98.6 Å². The van der Waals surface area contributed by atoms with Gasteiger partial charge >= 0.3 is 0 Å². The van der Waals surface area contributed by atoms with Crippen molar-refractivity contribution in [2.75, 3.05) is 0 Å². The Morgan fingerprint density at radius 2 is 2.35 bits per heavy atom. The molecule has 0 fully saturated rings. The quantitative estimate of drug-likeness (QED) is 0.866. The van der Waals surface area contributed by atoms with E-state index in [0.717, 1.165) is 5.69 Å². The molecule has 0 aromatic carbocycles. The summed E-state index contributed by atoms with van der Waals surface area (Å²) in [5, 5.41) is 10.7. The molecule has 1 N–H and O–H groups in total. The largest absolute Gasteiger partial charge is 0.351 e. The molecule has 1 amide bonds. The minimum Gasteiger partial charge on any atom is -0.351 e. The van der Waals surface area contributed by atoms with Gasteiger partial charge in [0.15, 0.2) is 0 Å². The fourth-order valence-electron chi connectivity index (χ4n) is 1.48. The second-order valence-electron chi connectivity index (χ2n) is 3.94. The van der Waals surface area contributed by atoms with Gasteiger partial charge < -0.3 is 9.84 Å². The molecular formula is C11H14N4O2. The Bertz CT molecular complexity index is 529. The fraction of sp³-hybridized carbons (Fsp3) is 0.364. The average molecular weight is 234 g/mol. The summed E-state index contributed by atoms with van der Waals surface area (Å²) in [6.07, 6.45) is 1.83. The van der Waals surface area contributed by atoms with Crippen LogP contribution in [0.1, 0.15) is 34.9 Å². The molecule has 6 heteroatoms. The summed E-state index contributed by atoms with van der Waals surface area (Å²) in [6.45, 7) is 3.63. The topological polar surface area (TPSA) is 73.0 Å². The number of carbonyl (C=O) groups is 1. The summed E-state index contributed by atoms with van der Waals surface area (Å²) < 4.78 is 6.57. The Balaban J connectivity index is 2.04. The Kier molecular flexibility index (Phi) is 2.95. The maximum atomic E-state index is 11.8. The van der Waals surface area contributed by atoms with E-state index in [2.05, 4.69) is 15.6 Å². The minimum absolute atomic E-state index is 0.172. The van der Waals surface area contributed by atoms with Gasteiger partial charge in [0.2, 0.25) is 5.76 Å². The van der Waals surface area contributed by atoms with Crippen LogP contribution in [-0.4, -0.2) is 20.8 Å². The van der Waals surface area contributed by atoms with Crippen molar-refractivity contribution in [3.8, 4) is 0 Å². The first kappa shape index (κ1) is 11.4. The lowest BCUT2D eigenvalue weighted by Crippen LogP contribution is -2.26. The van der Waals surface area contributed by atoms with E-state index in [0.29, 0.717) is 5.69 Å². The van der Waals surface area contributed by atoms with Crippen molar-refractivity contribution < 1.29 is 9.32 Å². The molecule has 0 radical (unpaired) electrons. The Morgan fingerprint density at radius 1 is 1.59 bits per heavy atom. The van der Waals surface area contributed by atoms with Crippen LogP contribution in [0.25, 0.3) is 0 Å². The van der Waals surface area contributed by atoms with Crippen LogP contribution in [0.5, 0.6) is 0 Å². The van der Waals surface area contributed by atoms with E-state index in [-0.39, 0.29) is 17.7 Å². The van der Waals surface area contributed by atoms with Crippen molar-refractivity contribution in [3.63, 3.8) is 0 Å². The smallest absolute Gasteiger partial charge is 0.290 e. The summed E-state index contributed by atoms with van der Waals surface area (Å²) in [7, 11) is 1.83. The van der Waals surface area contributed by atoms with Crippen LogP contribution in [0.2, 0.25) is 0 Å². The van der Waals surface area contributed by atoms with Gasteiger partial charge in [-0.15, -0.1) is 0 Å². The van der Waals surface area contributed by atoms with Gasteiger partial charge in [-0.3, -0.25) is 9.48 Å². The molecule has 0 aliphatic rings. The molecule has 1 unspecified atom stereocenters. The third kappa shape index (κ3) is 2.52. The molecule has 17 heavy (non-hydrogen) atoms. The van der Waals surface area contributed by atoms with E-state index in [9.17, 15) is 4.79 Å². The summed E-state index contributed by atoms with van der Waals surface area (Å²) in [4.78, 5) is 11.8. The number of nitrogens with one attached hydrogen (secondary N) is 1. The minimum atomic E-state index is -0.288. The van der Waals surface area contributed by atoms with Crippen molar-refractivity contribution in [1.82, 2.24) is 20.3 Å². The lowest BCUT2D eigenvalue weighted by Gasteiger charge is -2.09. The highest BCUT2D eigenvalue weighted by Gasteiger charge is 2.16. The fourth-order valence-corrected chi connectivity index (χ4v) is 1.48. The molecule has 0 aliphatic heterocycles. The van der Waals surface area contributed by atoms with Crippen LogP contribution in [0.3, 0.4) is 0 Å². The van der Waals surface area contributed by atoms with Crippen LogP contribution >= 0.6 is 0 Å². The molecular weight excluding hydrogens is 220 g/mol. The normalized spacial score (nSPS) is 12.4. The van der Waals surface area contributed by atoms with Gasteiger partial charge in [0, 0.05) is 19.3 Å². The number of hydrogen-bond donors (Lipinski definition) is 1. The molecule has 90 valence electrons. The van der Waals surface area contributed by atoms with Gasteiger partial charge in [-0.05, 0) is 19.9 Å². The Morgan fingerprint density at radius 3 is 2.88 bits per heavy atom.